The third-order valence-corrected chi connectivity index (χ3v) is 5.92. The van der Waals surface area contributed by atoms with E-state index in [9.17, 15) is 9.59 Å². The molecule has 104 valence electrons. The van der Waals surface area contributed by atoms with Gasteiger partial charge in [-0.3, -0.25) is 9.36 Å². The summed E-state index contributed by atoms with van der Waals surface area (Å²) in [7, 11) is 1.38. The number of esters is 1. The average molecular weight is 307 g/mol. The van der Waals surface area contributed by atoms with Crippen molar-refractivity contribution < 1.29 is 9.53 Å². The molecule has 1 saturated carbocycles. The molecule has 0 aromatic carbocycles. The van der Waals surface area contributed by atoms with Gasteiger partial charge in [-0.1, -0.05) is 0 Å². The second kappa shape index (κ2) is 4.36. The second-order valence-electron chi connectivity index (χ2n) is 5.22. The average Bonchev–Trinajstić information content (AvgIpc) is 3.00. The molecule has 2 aliphatic rings. The molecule has 1 aliphatic heterocycles. The first-order valence-electron chi connectivity index (χ1n) is 6.57. The van der Waals surface area contributed by atoms with Crippen molar-refractivity contribution in [2.24, 2.45) is 0 Å². The molecule has 0 N–H and O–H groups in total. The number of fused-ring (bicyclic) bond motifs is 2. The Morgan fingerprint density at radius 1 is 1.35 bits per heavy atom. The Balaban J connectivity index is 2.04. The number of thiophene rings is 1. The van der Waals surface area contributed by atoms with Gasteiger partial charge in [-0.15, -0.1) is 11.8 Å². The number of methoxy groups -OCH3 is 1. The van der Waals surface area contributed by atoms with E-state index in [1.807, 2.05) is 5.38 Å². The third-order valence-electron chi connectivity index (χ3n) is 4.00. The van der Waals surface area contributed by atoms with E-state index in [1.54, 1.807) is 27.7 Å². The lowest BCUT2D eigenvalue weighted by molar-refractivity contribution is -0.143. The summed E-state index contributed by atoms with van der Waals surface area (Å²) in [5.74, 6) is 0.824. The smallest absolute Gasteiger partial charge is 0.329 e. The van der Waals surface area contributed by atoms with Crippen molar-refractivity contribution in [3.8, 4) is 0 Å². The zero-order valence-corrected chi connectivity index (χ0v) is 12.6. The van der Waals surface area contributed by atoms with Crippen molar-refractivity contribution in [3.63, 3.8) is 0 Å². The minimum absolute atomic E-state index is 0.0546. The summed E-state index contributed by atoms with van der Waals surface area (Å²) in [4.78, 5) is 24.6. The van der Waals surface area contributed by atoms with E-state index in [-0.39, 0.29) is 11.5 Å². The van der Waals surface area contributed by atoms with Gasteiger partial charge in [0.1, 0.15) is 6.04 Å². The van der Waals surface area contributed by atoms with Crippen LogP contribution in [0, 0.1) is 0 Å². The van der Waals surface area contributed by atoms with Gasteiger partial charge in [0, 0.05) is 16.5 Å². The van der Waals surface area contributed by atoms with Gasteiger partial charge in [-0.2, -0.15) is 11.3 Å². The standard InChI is InChI=1S/C14H13NO3S2/c1-18-14(17)10-6-20-13-11(7-2-3-7)8-4-19-5-9(8)12(16)15(10)13/h4-5,7,10H,2-3,6H2,1H3/t10-/m0/s1. The Bertz CT molecular complexity index is 773. The molecular weight excluding hydrogens is 294 g/mol. The van der Waals surface area contributed by atoms with E-state index in [1.165, 1.54) is 25.5 Å². The first-order chi connectivity index (χ1) is 9.72. The van der Waals surface area contributed by atoms with E-state index < -0.39 is 6.04 Å². The summed E-state index contributed by atoms with van der Waals surface area (Å²) < 4.78 is 6.51. The van der Waals surface area contributed by atoms with Crippen molar-refractivity contribution >= 4 is 39.8 Å². The zero-order valence-electron chi connectivity index (χ0n) is 10.9. The SMILES string of the molecule is COC(=O)[C@@H]1CSc2c(C3CC3)c3cscc3c(=O)n21. The number of rotatable bonds is 2. The van der Waals surface area contributed by atoms with Gasteiger partial charge in [0.2, 0.25) is 0 Å². The predicted molar refractivity (Wildman–Crippen MR) is 79.8 cm³/mol. The maximum absolute atomic E-state index is 12.7. The molecule has 0 amide bonds. The Morgan fingerprint density at radius 3 is 2.80 bits per heavy atom. The van der Waals surface area contributed by atoms with Crippen LogP contribution in [0.4, 0.5) is 0 Å². The largest absolute Gasteiger partial charge is 0.467 e. The Kier molecular flexibility index (Phi) is 2.72. The van der Waals surface area contributed by atoms with Gasteiger partial charge in [0.05, 0.1) is 17.5 Å². The van der Waals surface area contributed by atoms with Crippen LogP contribution in [0.15, 0.2) is 20.6 Å². The Hall–Kier alpha value is -1.27. The minimum atomic E-state index is -0.478. The molecule has 1 aliphatic carbocycles. The normalized spacial score (nSPS) is 21.1. The lowest BCUT2D eigenvalue weighted by Gasteiger charge is -2.14. The zero-order chi connectivity index (χ0) is 13.9. The first-order valence-corrected chi connectivity index (χ1v) is 8.50. The van der Waals surface area contributed by atoms with E-state index in [4.69, 9.17) is 4.74 Å². The maximum Gasteiger partial charge on any atom is 0.329 e. The quantitative estimate of drug-likeness (QED) is 0.801. The molecule has 0 unspecified atom stereocenters. The number of thioether (sulfide) groups is 1. The van der Waals surface area contributed by atoms with Crippen LogP contribution in [0.25, 0.3) is 10.8 Å². The number of carbonyl (C=O) groups is 1. The fraction of sp³-hybridized carbons (Fsp3) is 0.429. The Morgan fingerprint density at radius 2 is 2.10 bits per heavy atom. The van der Waals surface area contributed by atoms with Gasteiger partial charge in [0.25, 0.3) is 5.56 Å². The number of pyridine rings is 1. The summed E-state index contributed by atoms with van der Waals surface area (Å²) in [6.07, 6.45) is 2.36. The molecule has 3 heterocycles. The molecule has 0 spiro atoms. The highest BCUT2D eigenvalue weighted by Gasteiger charge is 2.38. The number of hydrogen-bond acceptors (Lipinski definition) is 5. The number of ether oxygens (including phenoxy) is 1. The molecule has 6 heteroatoms. The molecular formula is C14H13NO3S2. The molecule has 0 radical (unpaired) electrons. The highest BCUT2D eigenvalue weighted by Crippen LogP contribution is 2.49. The molecule has 0 bridgehead atoms. The van der Waals surface area contributed by atoms with E-state index in [0.717, 1.165) is 15.8 Å². The molecule has 1 atom stereocenters. The van der Waals surface area contributed by atoms with Crippen molar-refractivity contribution in [3.05, 3.63) is 26.7 Å². The summed E-state index contributed by atoms with van der Waals surface area (Å²) in [6.45, 7) is 0. The van der Waals surface area contributed by atoms with Gasteiger partial charge in [0.15, 0.2) is 0 Å². The highest BCUT2D eigenvalue weighted by atomic mass is 32.2. The van der Waals surface area contributed by atoms with Crippen LogP contribution in [-0.4, -0.2) is 23.4 Å². The fourth-order valence-electron chi connectivity index (χ4n) is 2.88. The molecule has 4 nitrogen and oxygen atoms in total. The molecule has 4 rings (SSSR count). The van der Waals surface area contributed by atoms with Crippen molar-refractivity contribution in [2.75, 3.05) is 12.9 Å². The van der Waals surface area contributed by atoms with Crippen LogP contribution < -0.4 is 5.56 Å². The summed E-state index contributed by atoms with van der Waals surface area (Å²) >= 11 is 3.17. The molecule has 20 heavy (non-hydrogen) atoms. The number of nitrogens with zero attached hydrogens (tertiary/aromatic N) is 1. The molecule has 0 saturated heterocycles. The Labute approximate surface area is 123 Å². The topological polar surface area (TPSA) is 48.3 Å². The van der Waals surface area contributed by atoms with E-state index in [0.29, 0.717) is 11.7 Å². The van der Waals surface area contributed by atoms with Gasteiger partial charge >= 0.3 is 5.97 Å². The highest BCUT2D eigenvalue weighted by molar-refractivity contribution is 7.99. The van der Waals surface area contributed by atoms with Gasteiger partial charge in [-0.05, 0) is 29.7 Å². The summed E-state index contributed by atoms with van der Waals surface area (Å²) in [6, 6.07) is -0.478. The molecule has 2 aromatic rings. The molecule has 1 fully saturated rings. The summed E-state index contributed by atoms with van der Waals surface area (Å²) in [5, 5.41) is 6.79. The maximum atomic E-state index is 12.7. The van der Waals surface area contributed by atoms with Crippen molar-refractivity contribution in [1.29, 1.82) is 0 Å². The second-order valence-corrected chi connectivity index (χ2v) is 6.97. The van der Waals surface area contributed by atoms with Gasteiger partial charge < -0.3 is 4.74 Å². The first kappa shape index (κ1) is 12.5. The lowest BCUT2D eigenvalue weighted by Crippen LogP contribution is -2.30. The summed E-state index contributed by atoms with van der Waals surface area (Å²) in [5.41, 5.74) is 1.22. The lowest BCUT2D eigenvalue weighted by atomic mass is 10.1. The van der Waals surface area contributed by atoms with E-state index in [2.05, 4.69) is 5.38 Å². The van der Waals surface area contributed by atoms with Crippen LogP contribution in [0.5, 0.6) is 0 Å². The van der Waals surface area contributed by atoms with Crippen molar-refractivity contribution in [1.82, 2.24) is 4.57 Å². The van der Waals surface area contributed by atoms with Crippen LogP contribution in [-0.2, 0) is 9.53 Å². The fourth-order valence-corrected chi connectivity index (χ4v) is 5.08. The number of carbonyl (C=O) groups excluding carboxylic acids is 1. The predicted octanol–water partition coefficient (Wildman–Crippen LogP) is 2.76. The minimum Gasteiger partial charge on any atom is -0.467 e. The van der Waals surface area contributed by atoms with Crippen LogP contribution >= 0.6 is 23.1 Å². The third kappa shape index (κ3) is 1.61. The monoisotopic (exact) mass is 307 g/mol. The van der Waals surface area contributed by atoms with Gasteiger partial charge in [-0.25, -0.2) is 4.79 Å². The van der Waals surface area contributed by atoms with Crippen LogP contribution in [0.2, 0.25) is 0 Å². The number of aromatic nitrogens is 1. The number of hydrogen-bond donors (Lipinski definition) is 0. The van der Waals surface area contributed by atoms with E-state index >= 15 is 0 Å². The van der Waals surface area contributed by atoms with Crippen molar-refractivity contribution in [2.45, 2.75) is 29.8 Å². The molecule has 2 aromatic heterocycles. The van der Waals surface area contributed by atoms with Crippen LogP contribution in [0.1, 0.15) is 30.4 Å². The van der Waals surface area contributed by atoms with Crippen LogP contribution in [0.3, 0.4) is 0 Å².